The Morgan fingerprint density at radius 3 is 2.58 bits per heavy atom. The molecule has 0 radical (unpaired) electrons. The van der Waals surface area contributed by atoms with Gasteiger partial charge in [0.25, 0.3) is 0 Å². The van der Waals surface area contributed by atoms with Crippen molar-refractivity contribution in [2.45, 2.75) is 13.0 Å². The topological polar surface area (TPSA) is 58.6 Å². The van der Waals surface area contributed by atoms with Crippen molar-refractivity contribution in [2.24, 2.45) is 5.92 Å². The van der Waals surface area contributed by atoms with E-state index in [1.165, 1.54) is 6.07 Å². The average Bonchev–Trinajstić information content (AvgIpc) is 2.99. The number of hydrogen-bond acceptors (Lipinski definition) is 3. The summed E-state index contributed by atoms with van der Waals surface area (Å²) in [5.74, 6) is -2.49. The first-order valence-electron chi connectivity index (χ1n) is 8.14. The van der Waals surface area contributed by atoms with Crippen LogP contribution >= 0.6 is 0 Å². The molecule has 1 aliphatic rings. The van der Waals surface area contributed by atoms with Gasteiger partial charge in [-0.25, -0.2) is 8.78 Å². The van der Waals surface area contributed by atoms with Crippen molar-refractivity contribution < 1.29 is 23.1 Å². The van der Waals surface area contributed by atoms with E-state index in [2.05, 4.69) is 5.32 Å². The van der Waals surface area contributed by atoms with E-state index in [4.69, 9.17) is 4.74 Å². The van der Waals surface area contributed by atoms with E-state index in [0.29, 0.717) is 12.3 Å². The third-order valence-corrected chi connectivity index (χ3v) is 4.35. The van der Waals surface area contributed by atoms with Gasteiger partial charge in [-0.2, -0.15) is 0 Å². The van der Waals surface area contributed by atoms with Gasteiger partial charge in [-0.05, 0) is 18.2 Å². The number of benzene rings is 2. The van der Waals surface area contributed by atoms with Crippen LogP contribution in [-0.4, -0.2) is 30.4 Å². The largest absolute Gasteiger partial charge is 0.496 e. The van der Waals surface area contributed by atoms with Gasteiger partial charge in [0.1, 0.15) is 23.1 Å². The number of anilines is 1. The highest BCUT2D eigenvalue weighted by Crippen LogP contribution is 2.26. The number of rotatable bonds is 5. The summed E-state index contributed by atoms with van der Waals surface area (Å²) in [4.78, 5) is 26.1. The van der Waals surface area contributed by atoms with Crippen LogP contribution in [0.4, 0.5) is 14.5 Å². The van der Waals surface area contributed by atoms with Gasteiger partial charge in [-0.1, -0.05) is 24.3 Å². The Balaban J connectivity index is 1.68. The fourth-order valence-electron chi connectivity index (χ4n) is 2.98. The van der Waals surface area contributed by atoms with Gasteiger partial charge in [0.15, 0.2) is 0 Å². The molecule has 2 amide bonds. The zero-order valence-corrected chi connectivity index (χ0v) is 14.2. The number of ether oxygens (including phenoxy) is 1. The average molecular weight is 360 g/mol. The molecule has 1 saturated heterocycles. The summed E-state index contributed by atoms with van der Waals surface area (Å²) in [7, 11) is 1.55. The van der Waals surface area contributed by atoms with Crippen LogP contribution in [0.15, 0.2) is 42.5 Å². The van der Waals surface area contributed by atoms with Crippen molar-refractivity contribution >= 4 is 17.5 Å². The molecule has 0 aromatic heterocycles. The van der Waals surface area contributed by atoms with Crippen molar-refractivity contribution in [1.29, 1.82) is 0 Å². The van der Waals surface area contributed by atoms with Crippen molar-refractivity contribution in [3.05, 3.63) is 59.7 Å². The fourth-order valence-corrected chi connectivity index (χ4v) is 2.98. The Hall–Kier alpha value is -2.96. The second-order valence-electron chi connectivity index (χ2n) is 6.07. The second-order valence-corrected chi connectivity index (χ2v) is 6.07. The Kier molecular flexibility index (Phi) is 5.16. The van der Waals surface area contributed by atoms with Gasteiger partial charge in [0.2, 0.25) is 11.8 Å². The molecular weight excluding hydrogens is 342 g/mol. The minimum absolute atomic E-state index is 0.00292. The second kappa shape index (κ2) is 7.51. The molecule has 3 rings (SSSR count). The smallest absolute Gasteiger partial charge is 0.229 e. The summed E-state index contributed by atoms with van der Waals surface area (Å²) < 4.78 is 32.6. The Morgan fingerprint density at radius 1 is 1.19 bits per heavy atom. The van der Waals surface area contributed by atoms with E-state index in [-0.39, 0.29) is 18.9 Å². The molecule has 2 aromatic rings. The van der Waals surface area contributed by atoms with E-state index in [9.17, 15) is 18.4 Å². The molecule has 0 bridgehead atoms. The van der Waals surface area contributed by atoms with Crippen LogP contribution in [0.2, 0.25) is 0 Å². The monoisotopic (exact) mass is 360 g/mol. The molecule has 136 valence electrons. The summed E-state index contributed by atoms with van der Waals surface area (Å²) in [5, 5.41) is 2.26. The summed E-state index contributed by atoms with van der Waals surface area (Å²) in [6, 6.07) is 10.6. The van der Waals surface area contributed by atoms with Crippen LogP contribution in [0, 0.1) is 17.6 Å². The maximum absolute atomic E-state index is 13.7. The Morgan fingerprint density at radius 2 is 1.88 bits per heavy atom. The summed E-state index contributed by atoms with van der Waals surface area (Å²) >= 11 is 0. The molecule has 0 spiro atoms. The first-order chi connectivity index (χ1) is 12.5. The minimum Gasteiger partial charge on any atom is -0.496 e. The first-order valence-corrected chi connectivity index (χ1v) is 8.14. The lowest BCUT2D eigenvalue weighted by atomic mass is 10.1. The van der Waals surface area contributed by atoms with Gasteiger partial charge in [-0.15, -0.1) is 0 Å². The van der Waals surface area contributed by atoms with Gasteiger partial charge in [0, 0.05) is 25.1 Å². The third kappa shape index (κ3) is 3.66. The molecule has 26 heavy (non-hydrogen) atoms. The molecule has 0 aliphatic carbocycles. The SMILES string of the molecule is COc1ccccc1CN1CC(C(=O)Nc2c(F)cccc2F)CC1=O. The number of nitrogens with one attached hydrogen (secondary N) is 1. The van der Waals surface area contributed by atoms with Crippen LogP contribution in [-0.2, 0) is 16.1 Å². The molecule has 5 nitrogen and oxygen atoms in total. The van der Waals surface area contributed by atoms with Gasteiger partial charge >= 0.3 is 0 Å². The standard InChI is InChI=1S/C19H18F2N2O3/c1-26-16-8-3-2-5-12(16)10-23-11-13(9-17(23)24)19(25)22-18-14(20)6-4-7-15(18)21/h2-8,13H,9-11H2,1H3,(H,22,25). The zero-order valence-electron chi connectivity index (χ0n) is 14.2. The fraction of sp³-hybridized carbons (Fsp3) is 0.263. The summed E-state index contributed by atoms with van der Waals surface area (Å²) in [6.07, 6.45) is -0.00292. The normalized spacial score (nSPS) is 16.7. The van der Waals surface area contributed by atoms with E-state index in [0.717, 1.165) is 17.7 Å². The summed E-state index contributed by atoms with van der Waals surface area (Å²) in [5.41, 5.74) is 0.331. The number of methoxy groups -OCH3 is 1. The Labute approximate surface area is 149 Å². The molecule has 1 unspecified atom stereocenters. The number of carbonyl (C=O) groups excluding carboxylic acids is 2. The lowest BCUT2D eigenvalue weighted by Gasteiger charge is -2.18. The highest BCUT2D eigenvalue weighted by Gasteiger charge is 2.35. The Bertz CT molecular complexity index is 821. The van der Waals surface area contributed by atoms with E-state index >= 15 is 0 Å². The van der Waals surface area contributed by atoms with Gasteiger partial charge < -0.3 is 15.0 Å². The first kappa shape index (κ1) is 17.8. The van der Waals surface area contributed by atoms with E-state index < -0.39 is 29.1 Å². The number of carbonyl (C=O) groups is 2. The predicted octanol–water partition coefficient (Wildman–Crippen LogP) is 2.96. The maximum atomic E-state index is 13.7. The van der Waals surface area contributed by atoms with Crippen molar-refractivity contribution in [2.75, 3.05) is 19.0 Å². The van der Waals surface area contributed by atoms with Gasteiger partial charge in [0.05, 0.1) is 13.0 Å². The molecule has 1 aliphatic heterocycles. The number of halogens is 2. The van der Waals surface area contributed by atoms with Crippen molar-refractivity contribution in [1.82, 2.24) is 4.90 Å². The number of hydrogen-bond donors (Lipinski definition) is 1. The predicted molar refractivity (Wildman–Crippen MR) is 91.5 cm³/mol. The van der Waals surface area contributed by atoms with Crippen LogP contribution in [0.25, 0.3) is 0 Å². The molecule has 7 heteroatoms. The van der Waals surface area contributed by atoms with Crippen LogP contribution in [0.5, 0.6) is 5.75 Å². The summed E-state index contributed by atoms with van der Waals surface area (Å²) in [6.45, 7) is 0.486. The number of para-hydroxylation sites is 2. The van der Waals surface area contributed by atoms with Crippen LogP contribution in [0.1, 0.15) is 12.0 Å². The molecule has 1 heterocycles. The minimum atomic E-state index is -0.853. The highest BCUT2D eigenvalue weighted by molar-refractivity contribution is 5.97. The van der Waals surface area contributed by atoms with Crippen LogP contribution in [0.3, 0.4) is 0 Å². The number of amides is 2. The lowest BCUT2D eigenvalue weighted by molar-refractivity contribution is -0.128. The molecule has 1 N–H and O–H groups in total. The van der Waals surface area contributed by atoms with E-state index in [1.54, 1.807) is 18.1 Å². The van der Waals surface area contributed by atoms with Crippen LogP contribution < -0.4 is 10.1 Å². The lowest BCUT2D eigenvalue weighted by Crippen LogP contribution is -2.28. The quantitative estimate of drug-likeness (QED) is 0.892. The number of nitrogens with zero attached hydrogens (tertiary/aromatic N) is 1. The van der Waals surface area contributed by atoms with Gasteiger partial charge in [-0.3, -0.25) is 9.59 Å². The molecular formula is C19H18F2N2O3. The van der Waals surface area contributed by atoms with Crippen molar-refractivity contribution in [3.63, 3.8) is 0 Å². The molecule has 1 atom stereocenters. The highest BCUT2D eigenvalue weighted by atomic mass is 19.1. The molecule has 0 saturated carbocycles. The van der Waals surface area contributed by atoms with Crippen molar-refractivity contribution in [3.8, 4) is 5.75 Å². The molecule has 2 aromatic carbocycles. The third-order valence-electron chi connectivity index (χ3n) is 4.35. The zero-order chi connectivity index (χ0) is 18.7. The van der Waals surface area contributed by atoms with E-state index in [1.807, 2.05) is 18.2 Å². The maximum Gasteiger partial charge on any atom is 0.229 e. The number of likely N-dealkylation sites (tertiary alicyclic amines) is 1. The molecule has 1 fully saturated rings.